The van der Waals surface area contributed by atoms with Crippen LogP contribution in [0.1, 0.15) is 13.8 Å². The minimum atomic E-state index is -1.20. The molecule has 1 saturated heterocycles. The summed E-state index contributed by atoms with van der Waals surface area (Å²) in [5.74, 6) is -2.34. The second-order valence-corrected chi connectivity index (χ2v) is 4.55. The van der Waals surface area contributed by atoms with Crippen LogP contribution < -0.4 is 5.32 Å². The lowest BCUT2D eigenvalue weighted by Gasteiger charge is -2.41. The molecule has 1 rings (SSSR count). The van der Waals surface area contributed by atoms with Gasteiger partial charge in [0.25, 0.3) is 5.91 Å². The second kappa shape index (κ2) is 4.63. The van der Waals surface area contributed by atoms with E-state index < -0.39 is 35.9 Å². The molecule has 100 valence electrons. The summed E-state index contributed by atoms with van der Waals surface area (Å²) >= 11 is 0. The molecule has 8 nitrogen and oxygen atoms in total. The van der Waals surface area contributed by atoms with Crippen LogP contribution >= 0.6 is 0 Å². The van der Waals surface area contributed by atoms with Crippen LogP contribution in [-0.2, 0) is 14.4 Å². The Balaban J connectivity index is 2.91. The first-order chi connectivity index (χ1) is 8.16. The van der Waals surface area contributed by atoms with Crippen LogP contribution in [0.15, 0.2) is 0 Å². The van der Waals surface area contributed by atoms with Crippen molar-refractivity contribution in [3.63, 3.8) is 0 Å². The number of carbonyl (C=O) groups excluding carboxylic acids is 3. The molecule has 0 aromatic carbocycles. The zero-order valence-electron chi connectivity index (χ0n) is 10.4. The van der Waals surface area contributed by atoms with Gasteiger partial charge in [0.2, 0.25) is 5.91 Å². The monoisotopic (exact) mass is 257 g/mol. The maximum absolute atomic E-state index is 12.0. The predicted molar refractivity (Wildman–Crippen MR) is 59.6 cm³/mol. The Hall–Kier alpha value is -2.12. The van der Waals surface area contributed by atoms with E-state index in [0.717, 1.165) is 9.80 Å². The maximum atomic E-state index is 12.0. The SMILES string of the molecule is CN(CC(=O)O)C(=O)N1CC(=O)NC(=O)C1(C)C. The van der Waals surface area contributed by atoms with Crippen molar-refractivity contribution in [1.29, 1.82) is 0 Å². The highest BCUT2D eigenvalue weighted by atomic mass is 16.4. The number of amides is 4. The molecule has 0 unspecified atom stereocenters. The van der Waals surface area contributed by atoms with E-state index in [1.165, 1.54) is 20.9 Å². The van der Waals surface area contributed by atoms with Crippen molar-refractivity contribution in [1.82, 2.24) is 15.1 Å². The fourth-order valence-corrected chi connectivity index (χ4v) is 1.57. The van der Waals surface area contributed by atoms with Crippen LogP contribution in [0.2, 0.25) is 0 Å². The third-order valence-corrected chi connectivity index (χ3v) is 2.72. The molecule has 1 aliphatic rings. The van der Waals surface area contributed by atoms with Crippen molar-refractivity contribution in [3.8, 4) is 0 Å². The first kappa shape index (κ1) is 13.9. The molecule has 0 saturated carbocycles. The summed E-state index contributed by atoms with van der Waals surface area (Å²) in [5, 5.41) is 10.7. The number of hydrogen-bond donors (Lipinski definition) is 2. The third-order valence-electron chi connectivity index (χ3n) is 2.72. The highest BCUT2D eigenvalue weighted by molar-refractivity contribution is 6.06. The van der Waals surface area contributed by atoms with E-state index in [2.05, 4.69) is 5.32 Å². The van der Waals surface area contributed by atoms with Crippen LogP contribution in [0, 0.1) is 0 Å². The van der Waals surface area contributed by atoms with Gasteiger partial charge in [0, 0.05) is 7.05 Å². The van der Waals surface area contributed by atoms with Crippen molar-refractivity contribution in [2.75, 3.05) is 20.1 Å². The van der Waals surface area contributed by atoms with Crippen LogP contribution in [-0.4, -0.2) is 64.4 Å². The standard InChI is InChI=1S/C10H15N3O5/c1-10(2)8(17)11-6(14)4-13(10)9(18)12(3)5-7(15)16/h4-5H2,1-3H3,(H,15,16)(H,11,14,17). The van der Waals surface area contributed by atoms with Gasteiger partial charge in [-0.05, 0) is 13.8 Å². The van der Waals surface area contributed by atoms with Gasteiger partial charge in [0.15, 0.2) is 0 Å². The van der Waals surface area contributed by atoms with Gasteiger partial charge >= 0.3 is 12.0 Å². The summed E-state index contributed by atoms with van der Waals surface area (Å²) in [5.41, 5.74) is -1.20. The lowest BCUT2D eigenvalue weighted by atomic mass is 9.99. The number of carbonyl (C=O) groups is 4. The van der Waals surface area contributed by atoms with Gasteiger partial charge in [0.1, 0.15) is 18.6 Å². The smallest absolute Gasteiger partial charge is 0.323 e. The minimum absolute atomic E-state index is 0.276. The number of carboxylic acid groups (broad SMARTS) is 1. The normalized spacial score (nSPS) is 18.3. The zero-order chi connectivity index (χ0) is 14.1. The van der Waals surface area contributed by atoms with E-state index >= 15 is 0 Å². The molecule has 0 radical (unpaired) electrons. The lowest BCUT2D eigenvalue weighted by molar-refractivity contribution is -0.143. The Morgan fingerprint density at radius 1 is 1.44 bits per heavy atom. The van der Waals surface area contributed by atoms with Crippen molar-refractivity contribution < 1.29 is 24.3 Å². The summed E-state index contributed by atoms with van der Waals surface area (Å²) in [7, 11) is 1.30. The highest BCUT2D eigenvalue weighted by Gasteiger charge is 2.44. The molecule has 4 amide bonds. The number of hydrogen-bond acceptors (Lipinski definition) is 4. The average molecular weight is 257 g/mol. The topological polar surface area (TPSA) is 107 Å². The molecule has 1 fully saturated rings. The molecule has 8 heteroatoms. The summed E-state index contributed by atoms with van der Waals surface area (Å²) < 4.78 is 0. The average Bonchev–Trinajstić information content (AvgIpc) is 2.21. The highest BCUT2D eigenvalue weighted by Crippen LogP contribution is 2.19. The first-order valence-corrected chi connectivity index (χ1v) is 5.25. The van der Waals surface area contributed by atoms with E-state index in [4.69, 9.17) is 5.11 Å². The quantitative estimate of drug-likeness (QED) is 0.608. The van der Waals surface area contributed by atoms with E-state index in [1.54, 1.807) is 0 Å². The van der Waals surface area contributed by atoms with E-state index in [9.17, 15) is 19.2 Å². The number of rotatable bonds is 2. The van der Waals surface area contributed by atoms with Gasteiger partial charge in [-0.2, -0.15) is 0 Å². The molecule has 0 atom stereocenters. The van der Waals surface area contributed by atoms with Gasteiger partial charge in [0.05, 0.1) is 0 Å². The third kappa shape index (κ3) is 2.58. The number of aliphatic carboxylic acids is 1. The van der Waals surface area contributed by atoms with Gasteiger partial charge in [-0.1, -0.05) is 0 Å². The fourth-order valence-electron chi connectivity index (χ4n) is 1.57. The molecular formula is C10H15N3O5. The predicted octanol–water partition coefficient (Wildman–Crippen LogP) is -1.14. The lowest BCUT2D eigenvalue weighted by Crippen LogP contribution is -2.67. The summed E-state index contributed by atoms with van der Waals surface area (Å²) in [6.07, 6.45) is 0. The Bertz CT molecular complexity index is 418. The van der Waals surface area contributed by atoms with Crippen molar-refractivity contribution in [3.05, 3.63) is 0 Å². The van der Waals surface area contributed by atoms with Crippen molar-refractivity contribution >= 4 is 23.8 Å². The summed E-state index contributed by atoms with van der Waals surface area (Å²) in [6, 6.07) is -0.675. The van der Waals surface area contributed by atoms with Crippen molar-refractivity contribution in [2.45, 2.75) is 19.4 Å². The zero-order valence-corrected chi connectivity index (χ0v) is 10.4. The van der Waals surface area contributed by atoms with Crippen LogP contribution in [0.3, 0.4) is 0 Å². The fraction of sp³-hybridized carbons (Fsp3) is 0.600. The molecule has 0 spiro atoms. The molecule has 0 bridgehead atoms. The van der Waals surface area contributed by atoms with Gasteiger partial charge < -0.3 is 14.9 Å². The number of nitrogens with zero attached hydrogens (tertiary/aromatic N) is 2. The molecule has 0 aliphatic carbocycles. The second-order valence-electron chi connectivity index (χ2n) is 4.55. The molecule has 1 aliphatic heterocycles. The Kier molecular flexibility index (Phi) is 3.59. The van der Waals surface area contributed by atoms with E-state index in [1.807, 2.05) is 0 Å². The van der Waals surface area contributed by atoms with E-state index in [0.29, 0.717) is 0 Å². The Morgan fingerprint density at radius 3 is 2.50 bits per heavy atom. The largest absolute Gasteiger partial charge is 0.480 e. The Morgan fingerprint density at radius 2 is 2.00 bits per heavy atom. The number of carboxylic acids is 1. The van der Waals surface area contributed by atoms with Crippen LogP contribution in [0.5, 0.6) is 0 Å². The van der Waals surface area contributed by atoms with Gasteiger partial charge in [-0.25, -0.2) is 4.79 Å². The molecule has 0 aromatic rings. The number of piperazine rings is 1. The van der Waals surface area contributed by atoms with Crippen LogP contribution in [0.25, 0.3) is 0 Å². The first-order valence-electron chi connectivity index (χ1n) is 5.25. The summed E-state index contributed by atoms with van der Waals surface area (Å²) in [4.78, 5) is 47.4. The molecule has 0 aromatic heterocycles. The number of urea groups is 1. The van der Waals surface area contributed by atoms with Crippen molar-refractivity contribution in [2.24, 2.45) is 0 Å². The number of likely N-dealkylation sites (N-methyl/N-ethyl adjacent to an activating group) is 1. The Labute approximate surface area is 104 Å². The van der Waals surface area contributed by atoms with Gasteiger partial charge in [-0.3, -0.25) is 19.7 Å². The number of nitrogens with one attached hydrogen (secondary N) is 1. The van der Waals surface area contributed by atoms with Crippen LogP contribution in [0.4, 0.5) is 4.79 Å². The molecule has 1 heterocycles. The maximum Gasteiger partial charge on any atom is 0.323 e. The summed E-state index contributed by atoms with van der Waals surface area (Å²) in [6.45, 7) is 2.20. The molecule has 18 heavy (non-hydrogen) atoms. The number of imide groups is 1. The van der Waals surface area contributed by atoms with Gasteiger partial charge in [-0.15, -0.1) is 0 Å². The van der Waals surface area contributed by atoms with E-state index in [-0.39, 0.29) is 6.54 Å². The molecule has 2 N–H and O–H groups in total. The molecular weight excluding hydrogens is 242 g/mol. The minimum Gasteiger partial charge on any atom is -0.480 e.